The highest BCUT2D eigenvalue weighted by Gasteiger charge is 2.29. The summed E-state index contributed by atoms with van der Waals surface area (Å²) in [7, 11) is 1.52. The van der Waals surface area contributed by atoms with Crippen LogP contribution in [0.3, 0.4) is 0 Å². The fraction of sp³-hybridized carbons (Fsp3) is 0.421. The van der Waals surface area contributed by atoms with E-state index in [2.05, 4.69) is 10.3 Å². The Morgan fingerprint density at radius 1 is 1.32 bits per heavy atom. The molecule has 1 atom stereocenters. The van der Waals surface area contributed by atoms with Crippen molar-refractivity contribution in [2.45, 2.75) is 19.8 Å². The lowest BCUT2D eigenvalue weighted by Crippen LogP contribution is -2.47. The average molecular weight is 385 g/mol. The molecule has 0 spiro atoms. The standard InChI is InChI=1S/C19H23N5O4/c1-13-5-3-7-15(9-13)24-11-16(20-21-24)18(26)22(2)12-17(25)23-8-4-6-14(10-23)19(27)28/h3,5,7,9,11,14H,4,6,8,10,12H2,1-2H3,(H,27,28). The molecule has 0 aliphatic carbocycles. The number of hydrogen-bond donors (Lipinski definition) is 1. The predicted octanol–water partition coefficient (Wildman–Crippen LogP) is 0.971. The molecule has 28 heavy (non-hydrogen) atoms. The molecule has 0 radical (unpaired) electrons. The fourth-order valence-electron chi connectivity index (χ4n) is 3.23. The van der Waals surface area contributed by atoms with Crippen molar-refractivity contribution in [1.29, 1.82) is 0 Å². The maximum atomic E-state index is 12.6. The number of benzene rings is 1. The van der Waals surface area contributed by atoms with Gasteiger partial charge in [-0.1, -0.05) is 17.3 Å². The number of piperidine rings is 1. The van der Waals surface area contributed by atoms with Gasteiger partial charge in [0, 0.05) is 20.1 Å². The molecule has 1 saturated heterocycles. The lowest BCUT2D eigenvalue weighted by Gasteiger charge is -2.31. The Morgan fingerprint density at radius 2 is 2.11 bits per heavy atom. The topological polar surface area (TPSA) is 109 Å². The number of hydrogen-bond acceptors (Lipinski definition) is 5. The van der Waals surface area contributed by atoms with Crippen LogP contribution in [0.25, 0.3) is 5.69 Å². The second-order valence-corrected chi connectivity index (χ2v) is 7.07. The number of carbonyl (C=O) groups is 3. The number of carboxylic acid groups (broad SMARTS) is 1. The molecule has 0 bridgehead atoms. The zero-order chi connectivity index (χ0) is 20.3. The summed E-state index contributed by atoms with van der Waals surface area (Å²) in [5.74, 6) is -2.13. The van der Waals surface area contributed by atoms with E-state index in [1.165, 1.54) is 27.7 Å². The van der Waals surface area contributed by atoms with Crippen molar-refractivity contribution in [3.8, 4) is 5.69 Å². The van der Waals surface area contributed by atoms with Crippen molar-refractivity contribution in [3.05, 3.63) is 41.7 Å². The Labute approximate surface area is 162 Å². The van der Waals surface area contributed by atoms with Gasteiger partial charge in [0.05, 0.1) is 24.3 Å². The smallest absolute Gasteiger partial charge is 0.308 e. The van der Waals surface area contributed by atoms with E-state index < -0.39 is 17.8 Å². The molecule has 1 unspecified atom stereocenters. The van der Waals surface area contributed by atoms with Crippen LogP contribution in [0.1, 0.15) is 28.9 Å². The van der Waals surface area contributed by atoms with Crippen LogP contribution in [0.5, 0.6) is 0 Å². The third kappa shape index (κ3) is 4.36. The van der Waals surface area contributed by atoms with Crippen molar-refractivity contribution in [2.75, 3.05) is 26.7 Å². The summed E-state index contributed by atoms with van der Waals surface area (Å²) in [6, 6.07) is 7.63. The number of likely N-dealkylation sites (N-methyl/N-ethyl adjacent to an activating group) is 1. The maximum Gasteiger partial charge on any atom is 0.308 e. The van der Waals surface area contributed by atoms with Gasteiger partial charge in [0.25, 0.3) is 5.91 Å². The monoisotopic (exact) mass is 385 g/mol. The van der Waals surface area contributed by atoms with Gasteiger partial charge < -0.3 is 14.9 Å². The molecule has 3 rings (SSSR count). The van der Waals surface area contributed by atoms with Gasteiger partial charge in [0.2, 0.25) is 5.91 Å². The number of carbonyl (C=O) groups excluding carboxylic acids is 2. The van der Waals surface area contributed by atoms with Gasteiger partial charge in [0.1, 0.15) is 0 Å². The number of likely N-dealkylation sites (tertiary alicyclic amines) is 1. The first kappa shape index (κ1) is 19.5. The van der Waals surface area contributed by atoms with Gasteiger partial charge in [-0.3, -0.25) is 14.4 Å². The van der Waals surface area contributed by atoms with Crippen molar-refractivity contribution < 1.29 is 19.5 Å². The molecule has 1 aliphatic heterocycles. The molecule has 2 amide bonds. The number of rotatable bonds is 5. The summed E-state index contributed by atoms with van der Waals surface area (Å²) in [5.41, 5.74) is 1.99. The quantitative estimate of drug-likeness (QED) is 0.822. The van der Waals surface area contributed by atoms with Gasteiger partial charge in [-0.05, 0) is 37.5 Å². The minimum absolute atomic E-state index is 0.136. The van der Waals surface area contributed by atoms with Crippen LogP contribution in [0, 0.1) is 12.8 Å². The molecule has 148 valence electrons. The van der Waals surface area contributed by atoms with E-state index in [0.29, 0.717) is 19.4 Å². The minimum Gasteiger partial charge on any atom is -0.481 e. The summed E-state index contributed by atoms with van der Waals surface area (Å²) in [6.07, 6.45) is 2.74. The Bertz CT molecular complexity index is 894. The van der Waals surface area contributed by atoms with Gasteiger partial charge >= 0.3 is 5.97 Å². The van der Waals surface area contributed by atoms with E-state index in [1.54, 1.807) is 0 Å². The van der Waals surface area contributed by atoms with Crippen LogP contribution >= 0.6 is 0 Å². The highest BCUT2D eigenvalue weighted by molar-refractivity contribution is 5.94. The van der Waals surface area contributed by atoms with Crippen LogP contribution in [-0.2, 0) is 9.59 Å². The zero-order valence-corrected chi connectivity index (χ0v) is 15.9. The molecule has 1 aromatic carbocycles. The van der Waals surface area contributed by atoms with E-state index >= 15 is 0 Å². The van der Waals surface area contributed by atoms with Crippen LogP contribution in [-0.4, -0.2) is 74.4 Å². The third-order valence-electron chi connectivity index (χ3n) is 4.82. The molecule has 9 heteroatoms. The molecule has 1 aliphatic rings. The Kier molecular flexibility index (Phi) is 5.72. The molecule has 1 N–H and O–H groups in total. The molecule has 1 aromatic heterocycles. The first-order chi connectivity index (χ1) is 13.3. The summed E-state index contributed by atoms with van der Waals surface area (Å²) in [4.78, 5) is 39.0. The normalized spacial score (nSPS) is 16.6. The summed E-state index contributed by atoms with van der Waals surface area (Å²) >= 11 is 0. The number of aromatic nitrogens is 3. The summed E-state index contributed by atoms with van der Waals surface area (Å²) < 4.78 is 1.51. The number of amides is 2. The highest BCUT2D eigenvalue weighted by Crippen LogP contribution is 2.17. The second kappa shape index (κ2) is 8.20. The average Bonchev–Trinajstić information content (AvgIpc) is 3.17. The van der Waals surface area contributed by atoms with E-state index in [0.717, 1.165) is 11.3 Å². The van der Waals surface area contributed by atoms with E-state index in [9.17, 15) is 14.4 Å². The van der Waals surface area contributed by atoms with E-state index in [1.807, 2.05) is 31.2 Å². The van der Waals surface area contributed by atoms with Gasteiger partial charge in [-0.15, -0.1) is 5.10 Å². The number of carboxylic acids is 1. The lowest BCUT2D eigenvalue weighted by molar-refractivity contribution is -0.145. The highest BCUT2D eigenvalue weighted by atomic mass is 16.4. The van der Waals surface area contributed by atoms with Gasteiger partial charge in [-0.25, -0.2) is 4.68 Å². The maximum absolute atomic E-state index is 12.6. The Hall–Kier alpha value is -3.23. The SMILES string of the molecule is Cc1cccc(-n2cc(C(=O)N(C)CC(=O)N3CCCC(C(=O)O)C3)nn2)c1. The number of nitrogens with zero attached hydrogens (tertiary/aromatic N) is 5. The van der Waals surface area contributed by atoms with Crippen molar-refractivity contribution in [3.63, 3.8) is 0 Å². The minimum atomic E-state index is -0.894. The lowest BCUT2D eigenvalue weighted by atomic mass is 9.98. The molecule has 2 heterocycles. The zero-order valence-electron chi connectivity index (χ0n) is 15.9. The van der Waals surface area contributed by atoms with Gasteiger partial charge in [0.15, 0.2) is 5.69 Å². The predicted molar refractivity (Wildman–Crippen MR) is 100.0 cm³/mol. The van der Waals surface area contributed by atoms with Gasteiger partial charge in [-0.2, -0.15) is 0 Å². The van der Waals surface area contributed by atoms with E-state index in [-0.39, 0.29) is 24.7 Å². The molecular formula is C19H23N5O4. The Morgan fingerprint density at radius 3 is 2.82 bits per heavy atom. The first-order valence-electron chi connectivity index (χ1n) is 9.10. The third-order valence-corrected chi connectivity index (χ3v) is 4.82. The summed E-state index contributed by atoms with van der Waals surface area (Å²) in [5, 5.41) is 17.1. The van der Waals surface area contributed by atoms with Crippen molar-refractivity contribution >= 4 is 17.8 Å². The molecular weight excluding hydrogens is 362 g/mol. The van der Waals surface area contributed by atoms with Crippen molar-refractivity contribution in [1.82, 2.24) is 24.8 Å². The van der Waals surface area contributed by atoms with Crippen LogP contribution in [0.15, 0.2) is 30.5 Å². The van der Waals surface area contributed by atoms with Crippen LogP contribution in [0.4, 0.5) is 0 Å². The molecule has 2 aromatic rings. The molecule has 9 nitrogen and oxygen atoms in total. The van der Waals surface area contributed by atoms with Crippen molar-refractivity contribution in [2.24, 2.45) is 5.92 Å². The molecule has 1 fully saturated rings. The largest absolute Gasteiger partial charge is 0.481 e. The van der Waals surface area contributed by atoms with E-state index in [4.69, 9.17) is 5.11 Å². The number of aryl methyl sites for hydroxylation is 1. The molecule has 0 saturated carbocycles. The summed E-state index contributed by atoms with van der Waals surface area (Å²) in [6.45, 7) is 2.51. The number of aliphatic carboxylic acids is 1. The Balaban J connectivity index is 1.63. The fourth-order valence-corrected chi connectivity index (χ4v) is 3.23. The van der Waals surface area contributed by atoms with Crippen LogP contribution < -0.4 is 0 Å². The second-order valence-electron chi connectivity index (χ2n) is 7.07. The van der Waals surface area contributed by atoms with Crippen LogP contribution in [0.2, 0.25) is 0 Å². The first-order valence-corrected chi connectivity index (χ1v) is 9.10.